The van der Waals surface area contributed by atoms with Crippen LogP contribution < -0.4 is 0 Å². The third kappa shape index (κ3) is 10.4. The number of rotatable bonds is 6. The van der Waals surface area contributed by atoms with Crippen molar-refractivity contribution in [2.24, 2.45) is 11.8 Å². The van der Waals surface area contributed by atoms with Crippen LogP contribution in [0.1, 0.15) is 80.1 Å². The first kappa shape index (κ1) is 26.1. The number of amides is 2. The van der Waals surface area contributed by atoms with Crippen molar-refractivity contribution in [2.45, 2.75) is 91.3 Å². The van der Waals surface area contributed by atoms with Gasteiger partial charge in [0.15, 0.2) is 0 Å². The number of nitrogens with zero attached hydrogens (tertiary/aromatic N) is 2. The number of hydrogen-bond donors (Lipinski definition) is 0. The molecule has 180 valence electrons. The van der Waals surface area contributed by atoms with E-state index in [1.807, 2.05) is 51.3 Å². The molecule has 7 heteroatoms. The minimum absolute atomic E-state index is 0.168. The summed E-state index contributed by atoms with van der Waals surface area (Å²) in [6, 6.07) is 0. The first-order valence-electron chi connectivity index (χ1n) is 12.0. The molecule has 2 fully saturated rings. The zero-order valence-corrected chi connectivity index (χ0v) is 21.4. The third-order valence-electron chi connectivity index (χ3n) is 5.87. The molecule has 0 spiro atoms. The van der Waals surface area contributed by atoms with Crippen LogP contribution in [0.5, 0.6) is 0 Å². The molecule has 0 N–H and O–H groups in total. The molecule has 6 nitrogen and oxygen atoms in total. The zero-order chi connectivity index (χ0) is 23.1. The number of thioether (sulfide) groups is 1. The Labute approximate surface area is 193 Å². The van der Waals surface area contributed by atoms with E-state index < -0.39 is 11.2 Å². The largest absolute Gasteiger partial charge is 0.444 e. The lowest BCUT2D eigenvalue weighted by molar-refractivity contribution is 0.0173. The second-order valence-electron chi connectivity index (χ2n) is 11.0. The van der Waals surface area contributed by atoms with Crippen molar-refractivity contribution in [3.63, 3.8) is 0 Å². The van der Waals surface area contributed by atoms with Crippen molar-refractivity contribution in [3.8, 4) is 0 Å². The highest BCUT2D eigenvalue weighted by atomic mass is 32.2. The monoisotopic (exact) mass is 456 g/mol. The van der Waals surface area contributed by atoms with Gasteiger partial charge in [-0.25, -0.2) is 9.59 Å². The molecule has 2 saturated heterocycles. The van der Waals surface area contributed by atoms with Gasteiger partial charge in [-0.3, -0.25) is 0 Å². The Bertz CT molecular complexity index is 519. The Kier molecular flexibility index (Phi) is 9.84. The second-order valence-corrected chi connectivity index (χ2v) is 12.2. The number of likely N-dealkylation sites (tertiary alicyclic amines) is 2. The van der Waals surface area contributed by atoms with E-state index in [0.717, 1.165) is 63.7 Å². The summed E-state index contributed by atoms with van der Waals surface area (Å²) in [5.41, 5.74) is -0.839. The summed E-state index contributed by atoms with van der Waals surface area (Å²) in [6.07, 6.45) is 6.49. The molecule has 0 aromatic rings. The van der Waals surface area contributed by atoms with Crippen LogP contribution in [0.25, 0.3) is 0 Å². The summed E-state index contributed by atoms with van der Waals surface area (Å²) >= 11 is 2.06. The zero-order valence-electron chi connectivity index (χ0n) is 20.6. The van der Waals surface area contributed by atoms with Gasteiger partial charge in [-0.05, 0) is 103 Å². The molecule has 0 saturated carbocycles. The first-order chi connectivity index (χ1) is 14.4. The number of piperidine rings is 2. The Balaban J connectivity index is 1.51. The molecule has 2 amide bonds. The molecule has 0 bridgehead atoms. The van der Waals surface area contributed by atoms with Gasteiger partial charge < -0.3 is 19.3 Å². The highest BCUT2D eigenvalue weighted by molar-refractivity contribution is 7.99. The maximum Gasteiger partial charge on any atom is 0.410 e. The summed E-state index contributed by atoms with van der Waals surface area (Å²) in [5, 5.41) is 0. The number of ether oxygens (including phenoxy) is 2. The van der Waals surface area contributed by atoms with Crippen LogP contribution in [0.15, 0.2) is 0 Å². The predicted octanol–water partition coefficient (Wildman–Crippen LogP) is 5.79. The summed E-state index contributed by atoms with van der Waals surface area (Å²) in [7, 11) is 0. The molecule has 2 aliphatic heterocycles. The maximum absolute atomic E-state index is 12.2. The van der Waals surface area contributed by atoms with Crippen LogP contribution in [-0.4, -0.2) is 70.9 Å². The van der Waals surface area contributed by atoms with Gasteiger partial charge in [0.25, 0.3) is 0 Å². The Morgan fingerprint density at radius 1 is 0.710 bits per heavy atom. The number of carbonyl (C=O) groups is 2. The van der Waals surface area contributed by atoms with Crippen molar-refractivity contribution >= 4 is 23.9 Å². The van der Waals surface area contributed by atoms with E-state index in [1.165, 1.54) is 24.3 Å². The van der Waals surface area contributed by atoms with Crippen LogP contribution >= 0.6 is 11.8 Å². The van der Waals surface area contributed by atoms with Crippen LogP contribution in [0.4, 0.5) is 9.59 Å². The van der Waals surface area contributed by atoms with E-state index in [-0.39, 0.29) is 12.2 Å². The van der Waals surface area contributed by atoms with Gasteiger partial charge in [0, 0.05) is 26.2 Å². The van der Waals surface area contributed by atoms with Crippen molar-refractivity contribution in [3.05, 3.63) is 0 Å². The third-order valence-corrected chi connectivity index (χ3v) is 6.92. The molecule has 31 heavy (non-hydrogen) atoms. The second kappa shape index (κ2) is 11.7. The van der Waals surface area contributed by atoms with Crippen molar-refractivity contribution in [2.75, 3.05) is 37.7 Å². The molecule has 0 aromatic carbocycles. The van der Waals surface area contributed by atoms with Gasteiger partial charge in [-0.1, -0.05) is 0 Å². The molecule has 2 aliphatic rings. The highest BCUT2D eigenvalue weighted by Crippen LogP contribution is 2.26. The fourth-order valence-corrected chi connectivity index (χ4v) is 5.27. The van der Waals surface area contributed by atoms with Gasteiger partial charge in [-0.2, -0.15) is 11.8 Å². The summed E-state index contributed by atoms with van der Waals surface area (Å²) in [5.74, 6) is 3.85. The van der Waals surface area contributed by atoms with Gasteiger partial charge in [0.2, 0.25) is 0 Å². The minimum atomic E-state index is -0.420. The highest BCUT2D eigenvalue weighted by Gasteiger charge is 2.28. The van der Waals surface area contributed by atoms with Crippen LogP contribution in [0.2, 0.25) is 0 Å². The topological polar surface area (TPSA) is 59.1 Å². The quantitative estimate of drug-likeness (QED) is 0.473. The van der Waals surface area contributed by atoms with E-state index in [0.29, 0.717) is 0 Å². The van der Waals surface area contributed by atoms with E-state index in [2.05, 4.69) is 11.8 Å². The summed E-state index contributed by atoms with van der Waals surface area (Å²) in [6.45, 7) is 14.8. The van der Waals surface area contributed by atoms with Gasteiger partial charge in [0.1, 0.15) is 11.2 Å². The predicted molar refractivity (Wildman–Crippen MR) is 128 cm³/mol. The Hall–Kier alpha value is -1.11. The van der Waals surface area contributed by atoms with Crippen LogP contribution in [0, 0.1) is 11.8 Å². The average molecular weight is 457 g/mol. The van der Waals surface area contributed by atoms with E-state index in [4.69, 9.17) is 9.47 Å². The van der Waals surface area contributed by atoms with Crippen molar-refractivity contribution < 1.29 is 19.1 Å². The molecule has 2 rings (SSSR count). The van der Waals surface area contributed by atoms with Gasteiger partial charge in [-0.15, -0.1) is 0 Å². The lowest BCUT2D eigenvalue weighted by Crippen LogP contribution is -2.41. The molecule has 2 heterocycles. The molecular weight excluding hydrogens is 412 g/mol. The standard InChI is InChI=1S/C24H44N2O4S/c1-23(2,3)29-21(27)25-13-7-19(8-14-25)11-17-31-18-12-20-9-15-26(16-10-20)22(28)30-24(4,5)6/h19-20H,7-18H2,1-6H3. The van der Waals surface area contributed by atoms with Crippen molar-refractivity contribution in [1.29, 1.82) is 0 Å². The van der Waals surface area contributed by atoms with Gasteiger partial charge >= 0.3 is 12.2 Å². The SMILES string of the molecule is CC(C)(C)OC(=O)N1CCC(CCSCCC2CCN(C(=O)OC(C)(C)C)CC2)CC1. The normalized spacial score (nSPS) is 19.4. The van der Waals surface area contributed by atoms with Crippen LogP contribution in [-0.2, 0) is 9.47 Å². The van der Waals surface area contributed by atoms with Crippen LogP contribution in [0.3, 0.4) is 0 Å². The molecule has 0 atom stereocenters. The lowest BCUT2D eigenvalue weighted by atomic mass is 9.94. The molecule has 0 aromatic heterocycles. The number of carbonyl (C=O) groups excluding carboxylic acids is 2. The van der Waals surface area contributed by atoms with E-state index in [9.17, 15) is 9.59 Å². The minimum Gasteiger partial charge on any atom is -0.444 e. The number of hydrogen-bond acceptors (Lipinski definition) is 5. The molecular formula is C24H44N2O4S. The fourth-order valence-electron chi connectivity index (χ4n) is 4.06. The summed E-state index contributed by atoms with van der Waals surface area (Å²) in [4.78, 5) is 28.0. The molecule has 0 radical (unpaired) electrons. The average Bonchev–Trinajstić information content (AvgIpc) is 2.66. The lowest BCUT2D eigenvalue weighted by Gasteiger charge is -2.33. The Morgan fingerprint density at radius 3 is 1.32 bits per heavy atom. The van der Waals surface area contributed by atoms with Crippen molar-refractivity contribution in [1.82, 2.24) is 9.80 Å². The fraction of sp³-hybridized carbons (Fsp3) is 0.917. The summed E-state index contributed by atoms with van der Waals surface area (Å²) < 4.78 is 11.0. The molecule has 0 unspecified atom stereocenters. The molecule has 0 aliphatic carbocycles. The van der Waals surface area contributed by atoms with Gasteiger partial charge in [0.05, 0.1) is 0 Å². The smallest absolute Gasteiger partial charge is 0.410 e. The maximum atomic E-state index is 12.2. The van der Waals surface area contributed by atoms with E-state index >= 15 is 0 Å². The van der Waals surface area contributed by atoms with E-state index in [1.54, 1.807) is 0 Å². The first-order valence-corrected chi connectivity index (χ1v) is 13.1. The Morgan fingerprint density at radius 2 is 1.03 bits per heavy atom.